The number of rotatable bonds is 5. The van der Waals surface area contributed by atoms with Crippen molar-refractivity contribution < 1.29 is 14.3 Å². The van der Waals surface area contributed by atoms with Crippen molar-refractivity contribution in [2.24, 2.45) is 0 Å². The maximum absolute atomic E-state index is 11.9. The third kappa shape index (κ3) is 3.64. The van der Waals surface area contributed by atoms with Crippen molar-refractivity contribution in [3.8, 4) is 5.75 Å². The fourth-order valence-corrected chi connectivity index (χ4v) is 1.59. The predicted molar refractivity (Wildman–Crippen MR) is 72.9 cm³/mol. The molecule has 0 atom stereocenters. The Labute approximate surface area is 111 Å². The van der Waals surface area contributed by atoms with Crippen LogP contribution in [0.2, 0.25) is 0 Å². The molecule has 0 spiro atoms. The van der Waals surface area contributed by atoms with Gasteiger partial charge in [0.1, 0.15) is 5.75 Å². The van der Waals surface area contributed by atoms with Crippen LogP contribution in [0.15, 0.2) is 60.7 Å². The Balaban J connectivity index is 2.07. The minimum atomic E-state index is -0.0958. The second-order valence-corrected chi connectivity index (χ2v) is 3.85. The molecule has 2 aromatic rings. The van der Waals surface area contributed by atoms with Crippen LogP contribution in [0.4, 0.5) is 0 Å². The van der Waals surface area contributed by atoms with Crippen LogP contribution in [-0.2, 0) is 4.79 Å². The van der Waals surface area contributed by atoms with E-state index in [2.05, 4.69) is 4.74 Å². The van der Waals surface area contributed by atoms with Gasteiger partial charge in [-0.1, -0.05) is 36.4 Å². The minimum Gasteiger partial charge on any atom is -0.429 e. The normalized spacial score (nSPS) is 10.3. The molecular formula is C16H12O3. The average Bonchev–Trinajstić information content (AvgIpc) is 2.47. The molecule has 2 aromatic carbocycles. The first-order chi connectivity index (χ1) is 9.29. The van der Waals surface area contributed by atoms with E-state index < -0.39 is 0 Å². The third-order valence-corrected chi connectivity index (χ3v) is 2.55. The molecule has 0 aliphatic rings. The fourth-order valence-electron chi connectivity index (χ4n) is 1.59. The van der Waals surface area contributed by atoms with Gasteiger partial charge in [0, 0.05) is 5.56 Å². The van der Waals surface area contributed by atoms with Crippen LogP contribution in [0, 0.1) is 0 Å². The zero-order valence-corrected chi connectivity index (χ0v) is 10.2. The van der Waals surface area contributed by atoms with E-state index in [4.69, 9.17) is 0 Å². The standard InChI is InChI=1S/C16H12O3/c17-12-19-15-9-7-14(8-10-15)16(18)11-6-13-4-2-1-3-5-13/h1-12H/b11-6+. The SMILES string of the molecule is O=COc1ccc(C(=O)/C=C/c2ccccc2)cc1. The summed E-state index contributed by atoms with van der Waals surface area (Å²) in [5.41, 5.74) is 1.52. The van der Waals surface area contributed by atoms with Gasteiger partial charge in [0.15, 0.2) is 5.78 Å². The molecule has 0 aliphatic carbocycles. The quantitative estimate of drug-likeness (QED) is 0.466. The van der Waals surface area contributed by atoms with Gasteiger partial charge in [-0.15, -0.1) is 0 Å². The van der Waals surface area contributed by atoms with Gasteiger partial charge in [-0.05, 0) is 35.9 Å². The summed E-state index contributed by atoms with van der Waals surface area (Å²) >= 11 is 0. The van der Waals surface area contributed by atoms with Crippen molar-refractivity contribution in [1.82, 2.24) is 0 Å². The Morgan fingerprint density at radius 2 is 1.63 bits per heavy atom. The molecule has 0 fully saturated rings. The van der Waals surface area contributed by atoms with Crippen molar-refractivity contribution in [3.63, 3.8) is 0 Å². The zero-order chi connectivity index (χ0) is 13.5. The largest absolute Gasteiger partial charge is 0.429 e. The second-order valence-electron chi connectivity index (χ2n) is 3.85. The molecule has 0 bridgehead atoms. The van der Waals surface area contributed by atoms with Crippen molar-refractivity contribution in [3.05, 3.63) is 71.8 Å². The first kappa shape index (κ1) is 12.8. The van der Waals surface area contributed by atoms with E-state index in [0.717, 1.165) is 5.56 Å². The number of hydrogen-bond donors (Lipinski definition) is 0. The van der Waals surface area contributed by atoms with Crippen molar-refractivity contribution in [2.75, 3.05) is 0 Å². The van der Waals surface area contributed by atoms with Gasteiger partial charge in [-0.25, -0.2) is 0 Å². The highest BCUT2D eigenvalue weighted by Crippen LogP contribution is 2.12. The van der Waals surface area contributed by atoms with E-state index in [0.29, 0.717) is 17.8 Å². The molecule has 0 unspecified atom stereocenters. The summed E-state index contributed by atoms with van der Waals surface area (Å²) < 4.78 is 4.66. The molecule has 2 rings (SSSR count). The van der Waals surface area contributed by atoms with Crippen molar-refractivity contribution in [2.45, 2.75) is 0 Å². The van der Waals surface area contributed by atoms with Crippen LogP contribution in [0.1, 0.15) is 15.9 Å². The summed E-state index contributed by atoms with van der Waals surface area (Å²) in [5, 5.41) is 0. The molecule has 0 saturated carbocycles. The third-order valence-electron chi connectivity index (χ3n) is 2.55. The lowest BCUT2D eigenvalue weighted by atomic mass is 10.1. The minimum absolute atomic E-state index is 0.0958. The number of carbonyl (C=O) groups excluding carboxylic acids is 2. The number of carbonyl (C=O) groups is 2. The number of ketones is 1. The van der Waals surface area contributed by atoms with E-state index in [1.165, 1.54) is 6.08 Å². The Kier molecular flexibility index (Phi) is 4.24. The molecule has 0 amide bonds. The molecule has 0 N–H and O–H groups in total. The van der Waals surface area contributed by atoms with E-state index >= 15 is 0 Å². The van der Waals surface area contributed by atoms with Crippen LogP contribution in [-0.4, -0.2) is 12.3 Å². The molecule has 0 heterocycles. The zero-order valence-electron chi connectivity index (χ0n) is 10.2. The van der Waals surface area contributed by atoms with E-state index in [1.54, 1.807) is 30.3 Å². The number of hydrogen-bond acceptors (Lipinski definition) is 3. The average molecular weight is 252 g/mol. The first-order valence-corrected chi connectivity index (χ1v) is 5.77. The molecule has 94 valence electrons. The first-order valence-electron chi connectivity index (χ1n) is 5.77. The van der Waals surface area contributed by atoms with Gasteiger partial charge in [0.25, 0.3) is 6.47 Å². The smallest absolute Gasteiger partial charge is 0.298 e. The molecule has 3 heteroatoms. The van der Waals surface area contributed by atoms with Gasteiger partial charge in [-0.3, -0.25) is 9.59 Å². The topological polar surface area (TPSA) is 43.4 Å². The van der Waals surface area contributed by atoms with Crippen molar-refractivity contribution in [1.29, 1.82) is 0 Å². The Morgan fingerprint density at radius 3 is 2.26 bits per heavy atom. The summed E-state index contributed by atoms with van der Waals surface area (Å²) in [5.74, 6) is 0.320. The highest BCUT2D eigenvalue weighted by atomic mass is 16.5. The summed E-state index contributed by atoms with van der Waals surface area (Å²) in [6.45, 7) is 0.353. The molecular weight excluding hydrogens is 240 g/mol. The summed E-state index contributed by atoms with van der Waals surface area (Å²) in [6.07, 6.45) is 3.28. The van der Waals surface area contributed by atoms with Crippen LogP contribution < -0.4 is 4.74 Å². The summed E-state index contributed by atoms with van der Waals surface area (Å²) in [6, 6.07) is 16.0. The maximum Gasteiger partial charge on any atom is 0.298 e. The highest BCUT2D eigenvalue weighted by Gasteiger charge is 2.01. The molecule has 19 heavy (non-hydrogen) atoms. The predicted octanol–water partition coefficient (Wildman–Crippen LogP) is 3.12. The lowest BCUT2D eigenvalue weighted by Crippen LogP contribution is -1.95. The second kappa shape index (κ2) is 6.31. The fraction of sp³-hybridized carbons (Fsp3) is 0. The van der Waals surface area contributed by atoms with Gasteiger partial charge in [0.05, 0.1) is 0 Å². The molecule has 0 aliphatic heterocycles. The lowest BCUT2D eigenvalue weighted by Gasteiger charge is -1.99. The summed E-state index contributed by atoms with van der Waals surface area (Å²) in [4.78, 5) is 22.0. The summed E-state index contributed by atoms with van der Waals surface area (Å²) in [7, 11) is 0. The molecule has 0 aromatic heterocycles. The Hall–Kier alpha value is -2.68. The van der Waals surface area contributed by atoms with Gasteiger partial charge < -0.3 is 4.74 Å². The number of allylic oxidation sites excluding steroid dienone is 1. The number of ether oxygens (including phenoxy) is 1. The molecule has 3 nitrogen and oxygen atoms in total. The monoisotopic (exact) mass is 252 g/mol. The van der Waals surface area contributed by atoms with Crippen LogP contribution in [0.3, 0.4) is 0 Å². The van der Waals surface area contributed by atoms with Gasteiger partial charge in [0.2, 0.25) is 0 Å². The van der Waals surface area contributed by atoms with Crippen LogP contribution in [0.25, 0.3) is 6.08 Å². The maximum atomic E-state index is 11.9. The highest BCUT2D eigenvalue weighted by molar-refractivity contribution is 6.06. The van der Waals surface area contributed by atoms with Gasteiger partial charge >= 0.3 is 0 Å². The van der Waals surface area contributed by atoms with Crippen molar-refractivity contribution >= 4 is 18.3 Å². The Morgan fingerprint density at radius 1 is 0.947 bits per heavy atom. The molecule has 0 saturated heterocycles. The lowest BCUT2D eigenvalue weighted by molar-refractivity contribution is -0.120. The number of benzene rings is 2. The van der Waals surface area contributed by atoms with Gasteiger partial charge in [-0.2, -0.15) is 0 Å². The van der Waals surface area contributed by atoms with E-state index in [-0.39, 0.29) is 5.78 Å². The van der Waals surface area contributed by atoms with E-state index in [1.807, 2.05) is 30.3 Å². The Bertz CT molecular complexity index is 583. The van der Waals surface area contributed by atoms with Crippen LogP contribution >= 0.6 is 0 Å². The van der Waals surface area contributed by atoms with Crippen LogP contribution in [0.5, 0.6) is 5.75 Å². The molecule has 0 radical (unpaired) electrons. The van der Waals surface area contributed by atoms with E-state index in [9.17, 15) is 9.59 Å².